The Morgan fingerprint density at radius 3 is 2.62 bits per heavy atom. The van der Waals surface area contributed by atoms with E-state index in [1.54, 1.807) is 0 Å². The molecule has 2 aliphatic rings. The van der Waals surface area contributed by atoms with Crippen molar-refractivity contribution in [1.82, 2.24) is 15.1 Å². The van der Waals surface area contributed by atoms with Crippen LogP contribution in [0.3, 0.4) is 0 Å². The van der Waals surface area contributed by atoms with Crippen molar-refractivity contribution in [2.24, 2.45) is 4.99 Å². The normalized spacial score (nSPS) is 19.4. The molecule has 168 valence electrons. The van der Waals surface area contributed by atoms with E-state index in [0.717, 1.165) is 54.3 Å². The van der Waals surface area contributed by atoms with Gasteiger partial charge in [0.15, 0.2) is 0 Å². The number of carbonyl (C=O) groups is 2. The Morgan fingerprint density at radius 2 is 1.88 bits per heavy atom. The molecule has 2 N–H and O–H groups in total. The van der Waals surface area contributed by atoms with Crippen LogP contribution in [0.2, 0.25) is 0 Å². The molecule has 1 saturated heterocycles. The second kappa shape index (κ2) is 9.93. The molecular formula is C24H29N5O3. The van der Waals surface area contributed by atoms with Crippen molar-refractivity contribution in [3.05, 3.63) is 65.2 Å². The first kappa shape index (κ1) is 22.0. The number of aliphatic imine (C=N–C) groups is 1. The monoisotopic (exact) mass is 435 g/mol. The van der Waals surface area contributed by atoms with Gasteiger partial charge in [0.1, 0.15) is 6.61 Å². The third kappa shape index (κ3) is 5.33. The van der Waals surface area contributed by atoms with Gasteiger partial charge >= 0.3 is 6.09 Å². The van der Waals surface area contributed by atoms with Crippen LogP contribution in [0, 0.1) is 6.92 Å². The smallest absolute Gasteiger partial charge is 0.409 e. The van der Waals surface area contributed by atoms with Gasteiger partial charge in [-0.2, -0.15) is 0 Å². The fourth-order valence-electron chi connectivity index (χ4n) is 3.87. The molecule has 1 unspecified atom stereocenters. The van der Waals surface area contributed by atoms with E-state index in [4.69, 9.17) is 4.74 Å². The molecule has 0 aromatic heterocycles. The Morgan fingerprint density at radius 1 is 1.12 bits per heavy atom. The zero-order valence-electron chi connectivity index (χ0n) is 18.5. The van der Waals surface area contributed by atoms with Gasteiger partial charge in [-0.1, -0.05) is 48.5 Å². The number of nitrogens with one attached hydrogen (secondary N) is 2. The molecule has 0 radical (unpaired) electrons. The highest BCUT2D eigenvalue weighted by Crippen LogP contribution is 2.25. The van der Waals surface area contributed by atoms with Crippen LogP contribution >= 0.6 is 0 Å². The SMILES string of the molecule is Cc1cccc2c1NC(=O)C(NC(=O)OCc1ccccc1)N=C2CN1CCN(C)CC1. The number of ether oxygens (including phenoxy) is 1. The number of amides is 2. The van der Waals surface area contributed by atoms with E-state index in [2.05, 4.69) is 32.5 Å². The van der Waals surface area contributed by atoms with Gasteiger partial charge in [-0.3, -0.25) is 20.0 Å². The summed E-state index contributed by atoms with van der Waals surface area (Å²) in [5.41, 5.74) is 4.23. The zero-order chi connectivity index (χ0) is 22.5. The van der Waals surface area contributed by atoms with Crippen LogP contribution in [0.15, 0.2) is 53.5 Å². The first-order chi connectivity index (χ1) is 15.5. The summed E-state index contributed by atoms with van der Waals surface area (Å²) in [4.78, 5) is 34.6. The van der Waals surface area contributed by atoms with E-state index in [9.17, 15) is 9.59 Å². The lowest BCUT2D eigenvalue weighted by Crippen LogP contribution is -2.47. The number of hydrogen-bond acceptors (Lipinski definition) is 6. The summed E-state index contributed by atoms with van der Waals surface area (Å²) >= 11 is 0. The Labute approximate surface area is 188 Å². The number of likely N-dealkylation sites (N-methyl/N-ethyl adjacent to an activating group) is 1. The number of nitrogens with zero attached hydrogens (tertiary/aromatic N) is 3. The van der Waals surface area contributed by atoms with Crippen molar-refractivity contribution in [2.75, 3.05) is 45.1 Å². The van der Waals surface area contributed by atoms with Crippen molar-refractivity contribution in [2.45, 2.75) is 19.7 Å². The summed E-state index contributed by atoms with van der Waals surface area (Å²) in [6, 6.07) is 15.3. The number of para-hydroxylation sites is 1. The third-order valence-corrected chi connectivity index (χ3v) is 5.80. The van der Waals surface area contributed by atoms with Crippen molar-refractivity contribution >= 4 is 23.4 Å². The van der Waals surface area contributed by atoms with E-state index in [1.807, 2.05) is 55.5 Å². The van der Waals surface area contributed by atoms with Crippen molar-refractivity contribution in [3.8, 4) is 0 Å². The molecule has 1 atom stereocenters. The zero-order valence-corrected chi connectivity index (χ0v) is 18.5. The van der Waals surface area contributed by atoms with Crippen LogP contribution in [0.5, 0.6) is 0 Å². The molecule has 2 heterocycles. The van der Waals surface area contributed by atoms with E-state index >= 15 is 0 Å². The lowest BCUT2D eigenvalue weighted by atomic mass is 10.0. The van der Waals surface area contributed by atoms with Gasteiger partial charge in [-0.25, -0.2) is 4.79 Å². The molecule has 2 amide bonds. The highest BCUT2D eigenvalue weighted by atomic mass is 16.5. The quantitative estimate of drug-likeness (QED) is 0.752. The molecule has 2 aliphatic heterocycles. The summed E-state index contributed by atoms with van der Waals surface area (Å²) in [6.45, 7) is 6.50. The minimum Gasteiger partial charge on any atom is -0.445 e. The van der Waals surface area contributed by atoms with E-state index in [-0.39, 0.29) is 12.5 Å². The molecule has 0 bridgehead atoms. The second-order valence-electron chi connectivity index (χ2n) is 8.25. The minimum absolute atomic E-state index is 0.123. The molecule has 8 nitrogen and oxygen atoms in total. The van der Waals surface area contributed by atoms with Crippen molar-refractivity contribution in [3.63, 3.8) is 0 Å². The number of benzene rings is 2. The second-order valence-corrected chi connectivity index (χ2v) is 8.25. The maximum Gasteiger partial charge on any atom is 0.409 e. The average molecular weight is 436 g/mol. The van der Waals surface area contributed by atoms with Crippen LogP contribution in [0.4, 0.5) is 10.5 Å². The predicted octanol–water partition coefficient (Wildman–Crippen LogP) is 2.24. The summed E-state index contributed by atoms with van der Waals surface area (Å²) in [6.07, 6.45) is -1.74. The topological polar surface area (TPSA) is 86.3 Å². The maximum absolute atomic E-state index is 12.9. The van der Waals surface area contributed by atoms with Crippen molar-refractivity contribution in [1.29, 1.82) is 0 Å². The van der Waals surface area contributed by atoms with Gasteiger partial charge in [-0.05, 0) is 25.1 Å². The van der Waals surface area contributed by atoms with Gasteiger partial charge in [0, 0.05) is 38.3 Å². The highest BCUT2D eigenvalue weighted by molar-refractivity contribution is 6.13. The van der Waals surface area contributed by atoms with Crippen LogP contribution in [0.1, 0.15) is 16.7 Å². The average Bonchev–Trinajstić information content (AvgIpc) is 2.92. The number of benzodiazepines with no additional fused rings is 1. The standard InChI is InChI=1S/C24H29N5O3/c1-17-7-6-10-19-20(15-29-13-11-28(2)12-14-29)25-22(23(30)26-21(17)19)27-24(31)32-16-18-8-4-3-5-9-18/h3-10,22H,11-16H2,1-2H3,(H,26,30)(H,27,31). The fourth-order valence-corrected chi connectivity index (χ4v) is 3.87. The number of hydrogen-bond donors (Lipinski definition) is 2. The first-order valence-corrected chi connectivity index (χ1v) is 10.9. The van der Waals surface area contributed by atoms with E-state index < -0.39 is 12.3 Å². The van der Waals surface area contributed by atoms with Crippen LogP contribution in [-0.4, -0.2) is 73.4 Å². The molecule has 0 aliphatic carbocycles. The van der Waals surface area contributed by atoms with Crippen LogP contribution in [-0.2, 0) is 16.1 Å². The molecular weight excluding hydrogens is 406 g/mol. The lowest BCUT2D eigenvalue weighted by Gasteiger charge is -2.32. The Hall–Kier alpha value is -3.23. The molecule has 32 heavy (non-hydrogen) atoms. The summed E-state index contributed by atoms with van der Waals surface area (Å²) < 4.78 is 5.30. The molecule has 2 aromatic rings. The maximum atomic E-state index is 12.9. The minimum atomic E-state index is -1.06. The van der Waals surface area contributed by atoms with Crippen molar-refractivity contribution < 1.29 is 14.3 Å². The van der Waals surface area contributed by atoms with E-state index in [1.165, 1.54) is 0 Å². The largest absolute Gasteiger partial charge is 0.445 e. The van der Waals surface area contributed by atoms with Crippen LogP contribution in [0.25, 0.3) is 0 Å². The molecule has 8 heteroatoms. The summed E-state index contributed by atoms with van der Waals surface area (Å²) in [5, 5.41) is 5.56. The number of piperazine rings is 1. The molecule has 2 aromatic carbocycles. The van der Waals surface area contributed by atoms with Gasteiger partial charge in [0.25, 0.3) is 5.91 Å². The van der Waals surface area contributed by atoms with E-state index in [0.29, 0.717) is 6.54 Å². The number of aryl methyl sites for hydroxylation is 1. The molecule has 1 fully saturated rings. The summed E-state index contributed by atoms with van der Waals surface area (Å²) in [7, 11) is 2.11. The molecule has 0 spiro atoms. The first-order valence-electron chi connectivity index (χ1n) is 10.9. The van der Waals surface area contributed by atoms with Gasteiger partial charge in [0.05, 0.1) is 11.4 Å². The Bertz CT molecular complexity index is 1000. The lowest BCUT2D eigenvalue weighted by molar-refractivity contribution is -0.117. The Kier molecular flexibility index (Phi) is 6.82. The van der Waals surface area contributed by atoms with Gasteiger partial charge in [-0.15, -0.1) is 0 Å². The highest BCUT2D eigenvalue weighted by Gasteiger charge is 2.29. The number of rotatable bonds is 5. The number of carbonyl (C=O) groups excluding carboxylic acids is 2. The van der Waals surface area contributed by atoms with Gasteiger partial charge < -0.3 is 15.0 Å². The molecule has 0 saturated carbocycles. The predicted molar refractivity (Wildman–Crippen MR) is 124 cm³/mol. The number of anilines is 1. The number of fused-ring (bicyclic) bond motifs is 1. The molecule has 4 rings (SSSR count). The van der Waals surface area contributed by atoms with Gasteiger partial charge in [0.2, 0.25) is 6.17 Å². The number of alkyl carbamates (subject to hydrolysis) is 1. The summed E-state index contributed by atoms with van der Waals surface area (Å²) in [5.74, 6) is -0.384. The van der Waals surface area contributed by atoms with Crippen LogP contribution < -0.4 is 10.6 Å². The fraction of sp³-hybridized carbons (Fsp3) is 0.375. The Balaban J connectivity index is 1.52. The third-order valence-electron chi connectivity index (χ3n) is 5.80.